The molecule has 96 valence electrons. The number of anilines is 3. The first-order valence-corrected chi connectivity index (χ1v) is 6.80. The minimum atomic E-state index is 0.965. The molecule has 1 aliphatic rings. The van der Waals surface area contributed by atoms with Gasteiger partial charge in [-0.2, -0.15) is 0 Å². The van der Waals surface area contributed by atoms with Gasteiger partial charge in [-0.25, -0.2) is 4.98 Å². The molecule has 0 unspecified atom stereocenters. The van der Waals surface area contributed by atoms with Crippen LogP contribution in [0.3, 0.4) is 0 Å². The van der Waals surface area contributed by atoms with E-state index in [1.807, 2.05) is 18.3 Å². The Hall–Kier alpha value is -2.61. The van der Waals surface area contributed by atoms with Gasteiger partial charge in [-0.1, -0.05) is 42.5 Å². The SMILES string of the molecule is c1ccc(N2c3ccccc3Cc3ccccc32)nc1. The molecule has 2 nitrogen and oxygen atoms in total. The van der Waals surface area contributed by atoms with Crippen molar-refractivity contribution in [3.05, 3.63) is 84.1 Å². The van der Waals surface area contributed by atoms with Crippen LogP contribution in [0.5, 0.6) is 0 Å². The molecular formula is C18H14N2. The fourth-order valence-electron chi connectivity index (χ4n) is 2.82. The molecule has 0 N–H and O–H groups in total. The van der Waals surface area contributed by atoms with E-state index >= 15 is 0 Å². The van der Waals surface area contributed by atoms with Gasteiger partial charge < -0.3 is 0 Å². The first-order valence-electron chi connectivity index (χ1n) is 6.80. The summed E-state index contributed by atoms with van der Waals surface area (Å²) in [5.41, 5.74) is 5.14. The molecule has 0 amide bonds. The van der Waals surface area contributed by atoms with Crippen LogP contribution in [0.15, 0.2) is 72.9 Å². The zero-order valence-corrected chi connectivity index (χ0v) is 11.0. The van der Waals surface area contributed by atoms with Crippen LogP contribution >= 0.6 is 0 Å². The summed E-state index contributed by atoms with van der Waals surface area (Å²) >= 11 is 0. The molecule has 2 heterocycles. The number of rotatable bonds is 1. The molecule has 0 radical (unpaired) electrons. The number of hydrogen-bond donors (Lipinski definition) is 0. The minimum Gasteiger partial charge on any atom is -0.294 e. The summed E-state index contributed by atoms with van der Waals surface area (Å²) in [5.74, 6) is 0.965. The van der Waals surface area contributed by atoms with E-state index in [9.17, 15) is 0 Å². The van der Waals surface area contributed by atoms with Crippen molar-refractivity contribution in [3.8, 4) is 0 Å². The van der Waals surface area contributed by atoms with Gasteiger partial charge in [0.25, 0.3) is 0 Å². The topological polar surface area (TPSA) is 16.1 Å². The fourth-order valence-corrected chi connectivity index (χ4v) is 2.82. The molecule has 0 spiro atoms. The van der Waals surface area contributed by atoms with Crippen LogP contribution in [0.1, 0.15) is 11.1 Å². The van der Waals surface area contributed by atoms with Crippen molar-refractivity contribution in [2.24, 2.45) is 0 Å². The largest absolute Gasteiger partial charge is 0.294 e. The first-order chi connectivity index (χ1) is 9.93. The average molecular weight is 258 g/mol. The molecule has 0 saturated carbocycles. The molecule has 0 aliphatic carbocycles. The van der Waals surface area contributed by atoms with Crippen molar-refractivity contribution in [3.63, 3.8) is 0 Å². The van der Waals surface area contributed by atoms with Gasteiger partial charge in [0.05, 0.1) is 11.4 Å². The van der Waals surface area contributed by atoms with Gasteiger partial charge >= 0.3 is 0 Å². The van der Waals surface area contributed by atoms with Gasteiger partial charge in [0.1, 0.15) is 5.82 Å². The monoisotopic (exact) mass is 258 g/mol. The van der Waals surface area contributed by atoms with Gasteiger partial charge in [0.2, 0.25) is 0 Å². The van der Waals surface area contributed by atoms with Crippen molar-refractivity contribution in [1.29, 1.82) is 0 Å². The van der Waals surface area contributed by atoms with Crippen molar-refractivity contribution >= 4 is 17.2 Å². The summed E-state index contributed by atoms with van der Waals surface area (Å²) in [4.78, 5) is 6.77. The van der Waals surface area contributed by atoms with Crippen molar-refractivity contribution in [2.45, 2.75) is 6.42 Å². The van der Waals surface area contributed by atoms with E-state index in [4.69, 9.17) is 0 Å². The molecule has 4 rings (SSSR count). The normalized spacial score (nSPS) is 12.7. The van der Waals surface area contributed by atoms with E-state index < -0.39 is 0 Å². The van der Waals surface area contributed by atoms with E-state index in [1.54, 1.807) is 0 Å². The number of benzene rings is 2. The van der Waals surface area contributed by atoms with E-state index in [1.165, 1.54) is 22.5 Å². The Morgan fingerprint density at radius 1 is 0.700 bits per heavy atom. The van der Waals surface area contributed by atoms with Gasteiger partial charge in [-0.3, -0.25) is 4.90 Å². The Balaban J connectivity index is 1.98. The highest BCUT2D eigenvalue weighted by Gasteiger charge is 2.23. The van der Waals surface area contributed by atoms with Crippen LogP contribution in [0.25, 0.3) is 0 Å². The van der Waals surface area contributed by atoms with Crippen LogP contribution in [0, 0.1) is 0 Å². The highest BCUT2D eigenvalue weighted by Crippen LogP contribution is 2.42. The van der Waals surface area contributed by atoms with Crippen molar-refractivity contribution < 1.29 is 0 Å². The smallest absolute Gasteiger partial charge is 0.137 e. The number of para-hydroxylation sites is 2. The maximum Gasteiger partial charge on any atom is 0.137 e. The zero-order valence-electron chi connectivity index (χ0n) is 11.0. The molecule has 0 atom stereocenters. The number of hydrogen-bond acceptors (Lipinski definition) is 2. The molecule has 0 saturated heterocycles. The van der Waals surface area contributed by atoms with Crippen LogP contribution in [0.4, 0.5) is 17.2 Å². The Morgan fingerprint density at radius 3 is 1.90 bits per heavy atom. The summed E-state index contributed by atoms with van der Waals surface area (Å²) in [6, 6.07) is 23.1. The van der Waals surface area contributed by atoms with E-state index in [2.05, 4.69) is 64.5 Å². The van der Waals surface area contributed by atoms with E-state index in [0.717, 1.165) is 12.2 Å². The Bertz CT molecular complexity index is 705. The number of aromatic nitrogens is 1. The Kier molecular flexibility index (Phi) is 2.52. The lowest BCUT2D eigenvalue weighted by molar-refractivity contribution is 1.06. The third-order valence-electron chi connectivity index (χ3n) is 3.72. The number of nitrogens with zero attached hydrogens (tertiary/aromatic N) is 2. The molecule has 1 aliphatic heterocycles. The van der Waals surface area contributed by atoms with Crippen LogP contribution in [0.2, 0.25) is 0 Å². The number of fused-ring (bicyclic) bond motifs is 2. The molecule has 3 aromatic rings. The first kappa shape index (κ1) is 11.2. The quantitative estimate of drug-likeness (QED) is 0.501. The van der Waals surface area contributed by atoms with E-state index in [-0.39, 0.29) is 0 Å². The summed E-state index contributed by atoms with van der Waals surface area (Å²) in [6.45, 7) is 0. The van der Waals surface area contributed by atoms with Gasteiger partial charge in [0, 0.05) is 12.6 Å². The van der Waals surface area contributed by atoms with Gasteiger partial charge in [0.15, 0.2) is 0 Å². The van der Waals surface area contributed by atoms with Gasteiger partial charge in [-0.05, 0) is 35.4 Å². The van der Waals surface area contributed by atoms with Crippen molar-refractivity contribution in [2.75, 3.05) is 4.90 Å². The highest BCUT2D eigenvalue weighted by molar-refractivity contribution is 5.81. The Morgan fingerprint density at radius 2 is 1.30 bits per heavy atom. The maximum absolute atomic E-state index is 4.53. The minimum absolute atomic E-state index is 0.965. The van der Waals surface area contributed by atoms with Crippen LogP contribution in [-0.4, -0.2) is 4.98 Å². The molecule has 2 heteroatoms. The third kappa shape index (κ3) is 1.69. The van der Waals surface area contributed by atoms with Crippen LogP contribution in [-0.2, 0) is 6.42 Å². The fraction of sp³-hybridized carbons (Fsp3) is 0.0556. The molecule has 0 bridgehead atoms. The molecule has 20 heavy (non-hydrogen) atoms. The van der Waals surface area contributed by atoms with E-state index in [0.29, 0.717) is 0 Å². The Labute approximate surface area is 118 Å². The second-order valence-corrected chi connectivity index (χ2v) is 4.96. The van der Waals surface area contributed by atoms with Crippen LogP contribution < -0.4 is 4.90 Å². The molecular weight excluding hydrogens is 244 g/mol. The molecule has 2 aromatic carbocycles. The third-order valence-corrected chi connectivity index (χ3v) is 3.72. The lowest BCUT2D eigenvalue weighted by atomic mass is 9.95. The maximum atomic E-state index is 4.53. The number of pyridine rings is 1. The molecule has 1 aromatic heterocycles. The predicted octanol–water partition coefficient (Wildman–Crippen LogP) is 4.46. The molecule has 0 fully saturated rings. The van der Waals surface area contributed by atoms with Crippen molar-refractivity contribution in [1.82, 2.24) is 4.98 Å². The summed E-state index contributed by atoms with van der Waals surface area (Å²) in [7, 11) is 0. The second kappa shape index (κ2) is 4.49. The zero-order chi connectivity index (χ0) is 13.4. The highest BCUT2D eigenvalue weighted by atomic mass is 15.2. The standard InChI is InChI=1S/C18H14N2/c1-3-9-16-14(7-1)13-15-8-2-4-10-17(15)20(16)18-11-5-6-12-19-18/h1-12H,13H2. The predicted molar refractivity (Wildman–Crippen MR) is 81.7 cm³/mol. The lowest BCUT2D eigenvalue weighted by Crippen LogP contribution is -2.19. The summed E-state index contributed by atoms with van der Waals surface area (Å²) in [5, 5.41) is 0. The summed E-state index contributed by atoms with van der Waals surface area (Å²) in [6.07, 6.45) is 2.82. The van der Waals surface area contributed by atoms with Gasteiger partial charge in [-0.15, -0.1) is 0 Å². The lowest BCUT2D eigenvalue weighted by Gasteiger charge is -2.32. The average Bonchev–Trinajstić information content (AvgIpc) is 2.53. The summed E-state index contributed by atoms with van der Waals surface area (Å²) < 4.78 is 0. The second-order valence-electron chi connectivity index (χ2n) is 4.96.